The van der Waals surface area contributed by atoms with Gasteiger partial charge >= 0.3 is 0 Å². The summed E-state index contributed by atoms with van der Waals surface area (Å²) in [7, 11) is 0. The number of carbonyl (C=O) groups is 1. The molecule has 1 aliphatic carbocycles. The summed E-state index contributed by atoms with van der Waals surface area (Å²) in [5, 5.41) is 2.85. The molecule has 1 aliphatic rings. The van der Waals surface area contributed by atoms with Crippen LogP contribution in [0.2, 0.25) is 0 Å². The van der Waals surface area contributed by atoms with Crippen LogP contribution < -0.4 is 11.1 Å². The predicted molar refractivity (Wildman–Crippen MR) is 65.3 cm³/mol. The van der Waals surface area contributed by atoms with Crippen molar-refractivity contribution in [1.29, 1.82) is 0 Å². The quantitative estimate of drug-likeness (QED) is 0.817. The number of anilines is 1. The molecular formula is C13H18N2O. The molecule has 1 saturated carbocycles. The monoisotopic (exact) mass is 218 g/mol. The number of hydrogen-bond acceptors (Lipinski definition) is 2. The molecule has 0 unspecified atom stereocenters. The standard InChI is InChI=1S/C13H18N2O/c1-9(2)10-3-5-11(6-4-10)15-12(16)13(14)7-8-13/h3-6,9H,7-8,14H2,1-2H3,(H,15,16). The Labute approximate surface area is 96.0 Å². The fourth-order valence-electron chi connectivity index (χ4n) is 1.57. The Morgan fingerprint density at radius 1 is 1.31 bits per heavy atom. The van der Waals surface area contributed by atoms with Crippen molar-refractivity contribution < 1.29 is 4.79 Å². The van der Waals surface area contributed by atoms with Crippen molar-refractivity contribution in [2.24, 2.45) is 5.73 Å². The van der Waals surface area contributed by atoms with Crippen LogP contribution in [-0.4, -0.2) is 11.4 Å². The molecule has 0 atom stereocenters. The van der Waals surface area contributed by atoms with E-state index in [1.165, 1.54) is 5.56 Å². The number of carbonyl (C=O) groups excluding carboxylic acids is 1. The van der Waals surface area contributed by atoms with Crippen molar-refractivity contribution in [3.8, 4) is 0 Å². The molecule has 2 rings (SSSR count). The Hall–Kier alpha value is -1.35. The minimum Gasteiger partial charge on any atom is -0.324 e. The minimum absolute atomic E-state index is 0.0650. The lowest BCUT2D eigenvalue weighted by Crippen LogP contribution is -2.37. The van der Waals surface area contributed by atoms with E-state index in [1.54, 1.807) is 0 Å². The maximum atomic E-state index is 11.7. The molecule has 0 bridgehead atoms. The third kappa shape index (κ3) is 2.25. The fraction of sp³-hybridized carbons (Fsp3) is 0.462. The van der Waals surface area contributed by atoms with E-state index in [2.05, 4.69) is 19.2 Å². The van der Waals surface area contributed by atoms with E-state index in [9.17, 15) is 4.79 Å². The molecule has 1 aromatic carbocycles. The van der Waals surface area contributed by atoms with Crippen molar-refractivity contribution in [2.75, 3.05) is 5.32 Å². The van der Waals surface area contributed by atoms with E-state index < -0.39 is 5.54 Å². The Morgan fingerprint density at radius 2 is 1.88 bits per heavy atom. The highest BCUT2D eigenvalue weighted by Gasteiger charge is 2.45. The molecule has 0 saturated heterocycles. The van der Waals surface area contributed by atoms with Gasteiger partial charge in [0.2, 0.25) is 5.91 Å². The highest BCUT2D eigenvalue weighted by molar-refractivity contribution is 6.00. The molecule has 3 N–H and O–H groups in total. The Kier molecular flexibility index (Phi) is 2.72. The van der Waals surface area contributed by atoms with Crippen LogP contribution in [0.4, 0.5) is 5.69 Å². The van der Waals surface area contributed by atoms with Gasteiger partial charge in [0.25, 0.3) is 0 Å². The lowest BCUT2D eigenvalue weighted by atomic mass is 10.0. The summed E-state index contributed by atoms with van der Waals surface area (Å²) in [4.78, 5) is 11.7. The smallest absolute Gasteiger partial charge is 0.244 e. The summed E-state index contributed by atoms with van der Waals surface area (Å²) in [6.45, 7) is 4.29. The summed E-state index contributed by atoms with van der Waals surface area (Å²) in [6.07, 6.45) is 1.59. The molecule has 86 valence electrons. The zero-order valence-corrected chi connectivity index (χ0v) is 9.79. The minimum atomic E-state index is -0.600. The number of amides is 1. The number of nitrogens with two attached hydrogens (primary N) is 1. The Morgan fingerprint density at radius 3 is 2.31 bits per heavy atom. The molecule has 1 amide bonds. The van der Waals surface area contributed by atoms with Crippen LogP contribution >= 0.6 is 0 Å². The number of hydrogen-bond donors (Lipinski definition) is 2. The summed E-state index contributed by atoms with van der Waals surface area (Å²) < 4.78 is 0. The molecule has 1 fully saturated rings. The van der Waals surface area contributed by atoms with Crippen molar-refractivity contribution in [1.82, 2.24) is 0 Å². The van der Waals surface area contributed by atoms with Crippen LogP contribution in [0.3, 0.4) is 0 Å². The largest absolute Gasteiger partial charge is 0.324 e. The second-order valence-corrected chi connectivity index (χ2v) is 4.89. The van der Waals surface area contributed by atoms with Gasteiger partial charge in [-0.1, -0.05) is 26.0 Å². The molecule has 0 spiro atoms. The van der Waals surface area contributed by atoms with E-state index in [-0.39, 0.29) is 5.91 Å². The van der Waals surface area contributed by atoms with E-state index in [1.807, 2.05) is 24.3 Å². The van der Waals surface area contributed by atoms with E-state index in [0.717, 1.165) is 18.5 Å². The van der Waals surface area contributed by atoms with Crippen LogP contribution in [0.25, 0.3) is 0 Å². The van der Waals surface area contributed by atoms with Gasteiger partial charge in [0.15, 0.2) is 0 Å². The molecule has 3 heteroatoms. The van der Waals surface area contributed by atoms with Gasteiger partial charge in [0, 0.05) is 5.69 Å². The second kappa shape index (κ2) is 3.91. The highest BCUT2D eigenvalue weighted by atomic mass is 16.2. The van der Waals surface area contributed by atoms with E-state index >= 15 is 0 Å². The highest BCUT2D eigenvalue weighted by Crippen LogP contribution is 2.33. The third-order valence-corrected chi connectivity index (χ3v) is 3.08. The summed E-state index contributed by atoms with van der Waals surface area (Å²) in [5.41, 5.74) is 7.30. The van der Waals surface area contributed by atoms with Gasteiger partial charge < -0.3 is 11.1 Å². The van der Waals surface area contributed by atoms with Crippen LogP contribution in [0.1, 0.15) is 38.2 Å². The van der Waals surface area contributed by atoms with E-state index in [0.29, 0.717) is 5.92 Å². The second-order valence-electron chi connectivity index (χ2n) is 4.89. The predicted octanol–water partition coefficient (Wildman–Crippen LogP) is 2.24. The van der Waals surface area contributed by atoms with Crippen LogP contribution in [0.5, 0.6) is 0 Å². The molecular weight excluding hydrogens is 200 g/mol. The van der Waals surface area contributed by atoms with Gasteiger partial charge in [-0.15, -0.1) is 0 Å². The lowest BCUT2D eigenvalue weighted by Gasteiger charge is -2.11. The summed E-state index contributed by atoms with van der Waals surface area (Å²) in [6, 6.07) is 7.94. The van der Waals surface area contributed by atoms with Crippen molar-refractivity contribution in [3.63, 3.8) is 0 Å². The third-order valence-electron chi connectivity index (χ3n) is 3.08. The Balaban J connectivity index is 2.02. The molecule has 0 aromatic heterocycles. The van der Waals surface area contributed by atoms with Crippen molar-refractivity contribution in [3.05, 3.63) is 29.8 Å². The molecule has 1 aromatic rings. The topological polar surface area (TPSA) is 55.1 Å². The SMILES string of the molecule is CC(C)c1ccc(NC(=O)C2(N)CC2)cc1. The van der Waals surface area contributed by atoms with E-state index in [4.69, 9.17) is 5.73 Å². The van der Waals surface area contributed by atoms with Gasteiger partial charge in [-0.25, -0.2) is 0 Å². The molecule has 3 nitrogen and oxygen atoms in total. The number of rotatable bonds is 3. The van der Waals surface area contributed by atoms with Crippen LogP contribution in [-0.2, 0) is 4.79 Å². The first-order chi connectivity index (χ1) is 7.51. The first kappa shape index (κ1) is 11.1. The maximum Gasteiger partial charge on any atom is 0.244 e. The van der Waals surface area contributed by atoms with Gasteiger partial charge in [0.05, 0.1) is 5.54 Å². The molecule has 0 aliphatic heterocycles. The molecule has 0 radical (unpaired) electrons. The van der Waals surface area contributed by atoms with Gasteiger partial charge in [-0.2, -0.15) is 0 Å². The lowest BCUT2D eigenvalue weighted by molar-refractivity contribution is -0.118. The van der Waals surface area contributed by atoms with Crippen molar-refractivity contribution in [2.45, 2.75) is 38.1 Å². The van der Waals surface area contributed by atoms with Gasteiger partial charge in [-0.3, -0.25) is 4.79 Å². The van der Waals surface area contributed by atoms with Gasteiger partial charge in [0.1, 0.15) is 0 Å². The van der Waals surface area contributed by atoms with Crippen LogP contribution in [0.15, 0.2) is 24.3 Å². The molecule has 16 heavy (non-hydrogen) atoms. The van der Waals surface area contributed by atoms with Gasteiger partial charge in [-0.05, 0) is 36.5 Å². The normalized spacial score (nSPS) is 17.2. The first-order valence-electron chi connectivity index (χ1n) is 5.71. The average molecular weight is 218 g/mol. The zero-order valence-electron chi connectivity index (χ0n) is 9.79. The van der Waals surface area contributed by atoms with Crippen molar-refractivity contribution >= 4 is 11.6 Å². The molecule has 0 heterocycles. The first-order valence-corrected chi connectivity index (χ1v) is 5.71. The fourth-order valence-corrected chi connectivity index (χ4v) is 1.57. The number of nitrogens with one attached hydrogen (secondary N) is 1. The number of benzene rings is 1. The average Bonchev–Trinajstić information content (AvgIpc) is 2.99. The maximum absolute atomic E-state index is 11.7. The zero-order chi connectivity index (χ0) is 11.8. The summed E-state index contributed by atoms with van der Waals surface area (Å²) >= 11 is 0. The van der Waals surface area contributed by atoms with Crippen LogP contribution in [0, 0.1) is 0 Å². The Bertz CT molecular complexity index is 391. The summed E-state index contributed by atoms with van der Waals surface area (Å²) in [5.74, 6) is 0.443.